The van der Waals surface area contributed by atoms with Crippen molar-refractivity contribution >= 4 is 5.97 Å². The van der Waals surface area contributed by atoms with E-state index < -0.39 is 17.8 Å². The maximum absolute atomic E-state index is 14.0. The summed E-state index contributed by atoms with van der Waals surface area (Å²) in [7, 11) is 1.33. The molecular weight excluding hydrogens is 483 g/mol. The molecule has 4 aromatic rings. The van der Waals surface area contributed by atoms with E-state index in [1.165, 1.54) is 13.2 Å². The van der Waals surface area contributed by atoms with Crippen molar-refractivity contribution in [3.05, 3.63) is 83.4 Å². The van der Waals surface area contributed by atoms with Gasteiger partial charge in [0.25, 0.3) is 5.89 Å². The van der Waals surface area contributed by atoms with Gasteiger partial charge in [-0.3, -0.25) is 10.1 Å². The standard InChI is InChI=1S/C28H26F3N3O3/c1-16-7-5-6-8-22(16)23-14-13-21(15-24(23)28(29,30)31)26-33-25(34-37-26)20-11-9-19(10-12-20)17(2)32-18(3)27(35)36-4/h5-15,17-18,32H,1-4H3/t17-,18-/m1/s1. The molecule has 0 fully saturated rings. The molecule has 6 nitrogen and oxygen atoms in total. The van der Waals surface area contributed by atoms with Crippen LogP contribution >= 0.6 is 0 Å². The first-order valence-corrected chi connectivity index (χ1v) is 11.6. The Morgan fingerprint density at radius 3 is 2.30 bits per heavy atom. The SMILES string of the molecule is COC(=O)[C@@H](C)N[C@H](C)c1ccc(-c2noc(-c3ccc(-c4ccccc4C)c(C(F)(F)F)c3)n2)cc1. The van der Waals surface area contributed by atoms with Crippen molar-refractivity contribution < 1.29 is 27.2 Å². The predicted octanol–water partition coefficient (Wildman–Crippen LogP) is 6.61. The van der Waals surface area contributed by atoms with Crippen LogP contribution < -0.4 is 5.32 Å². The van der Waals surface area contributed by atoms with Crippen LogP contribution in [0, 0.1) is 6.92 Å². The van der Waals surface area contributed by atoms with E-state index >= 15 is 0 Å². The molecule has 3 aromatic carbocycles. The molecule has 0 aliphatic carbocycles. The summed E-state index contributed by atoms with van der Waals surface area (Å²) in [5, 5.41) is 7.12. The minimum atomic E-state index is -4.57. The fourth-order valence-corrected chi connectivity index (χ4v) is 4.12. The molecule has 0 radical (unpaired) electrons. The monoisotopic (exact) mass is 509 g/mol. The molecule has 0 saturated heterocycles. The van der Waals surface area contributed by atoms with Crippen LogP contribution in [0.5, 0.6) is 0 Å². The molecule has 9 heteroatoms. The number of alkyl halides is 3. The number of hydrogen-bond donors (Lipinski definition) is 1. The van der Waals surface area contributed by atoms with Gasteiger partial charge >= 0.3 is 12.1 Å². The van der Waals surface area contributed by atoms with E-state index in [0.717, 1.165) is 17.2 Å². The Morgan fingerprint density at radius 1 is 0.973 bits per heavy atom. The summed E-state index contributed by atoms with van der Waals surface area (Å²) in [4.78, 5) is 16.0. The number of hydrogen-bond acceptors (Lipinski definition) is 6. The number of nitrogens with one attached hydrogen (secondary N) is 1. The highest BCUT2D eigenvalue weighted by Crippen LogP contribution is 2.40. The lowest BCUT2D eigenvalue weighted by atomic mass is 9.94. The van der Waals surface area contributed by atoms with Crippen molar-refractivity contribution in [2.45, 2.75) is 39.0 Å². The zero-order chi connectivity index (χ0) is 26.7. The molecule has 0 amide bonds. The van der Waals surface area contributed by atoms with Gasteiger partial charge in [-0.15, -0.1) is 0 Å². The number of carbonyl (C=O) groups excluding carboxylic acids is 1. The molecule has 0 aliphatic heterocycles. The Labute approximate surface area is 212 Å². The first kappa shape index (κ1) is 26.1. The number of halogens is 3. The lowest BCUT2D eigenvalue weighted by Crippen LogP contribution is -2.36. The summed E-state index contributed by atoms with van der Waals surface area (Å²) in [6, 6.07) is 17.6. The minimum absolute atomic E-state index is 0.0113. The number of benzene rings is 3. The highest BCUT2D eigenvalue weighted by molar-refractivity contribution is 5.75. The average molecular weight is 510 g/mol. The lowest BCUT2D eigenvalue weighted by molar-refractivity contribution is -0.142. The third-order valence-electron chi connectivity index (χ3n) is 6.16. The third kappa shape index (κ3) is 5.72. The number of esters is 1. The van der Waals surface area contributed by atoms with E-state index in [4.69, 9.17) is 9.26 Å². The first-order valence-electron chi connectivity index (χ1n) is 11.6. The maximum atomic E-state index is 14.0. The van der Waals surface area contributed by atoms with Crippen LogP contribution in [-0.4, -0.2) is 29.3 Å². The number of ether oxygens (including phenoxy) is 1. The number of rotatable bonds is 7. The average Bonchev–Trinajstić information content (AvgIpc) is 3.38. The second-order valence-electron chi connectivity index (χ2n) is 8.75. The van der Waals surface area contributed by atoms with Gasteiger partial charge in [-0.05, 0) is 55.2 Å². The van der Waals surface area contributed by atoms with Crippen LogP contribution in [-0.2, 0) is 15.7 Å². The zero-order valence-corrected chi connectivity index (χ0v) is 20.8. The van der Waals surface area contributed by atoms with Crippen molar-refractivity contribution in [1.29, 1.82) is 0 Å². The maximum Gasteiger partial charge on any atom is 0.417 e. The minimum Gasteiger partial charge on any atom is -0.468 e. The summed E-state index contributed by atoms with van der Waals surface area (Å²) >= 11 is 0. The number of carbonyl (C=O) groups is 1. The van der Waals surface area contributed by atoms with Crippen molar-refractivity contribution in [2.75, 3.05) is 7.11 Å². The second-order valence-corrected chi connectivity index (χ2v) is 8.75. The van der Waals surface area contributed by atoms with Crippen LogP contribution in [0.2, 0.25) is 0 Å². The van der Waals surface area contributed by atoms with Crippen molar-refractivity contribution in [3.63, 3.8) is 0 Å². The van der Waals surface area contributed by atoms with Crippen LogP contribution in [0.3, 0.4) is 0 Å². The van der Waals surface area contributed by atoms with Gasteiger partial charge in [0.1, 0.15) is 6.04 Å². The van der Waals surface area contributed by atoms with Gasteiger partial charge in [0.2, 0.25) is 5.82 Å². The molecule has 0 unspecified atom stereocenters. The van der Waals surface area contributed by atoms with E-state index in [0.29, 0.717) is 11.1 Å². The van der Waals surface area contributed by atoms with Crippen molar-refractivity contribution in [1.82, 2.24) is 15.5 Å². The largest absolute Gasteiger partial charge is 0.468 e. The van der Waals surface area contributed by atoms with E-state index in [-0.39, 0.29) is 34.9 Å². The van der Waals surface area contributed by atoms with E-state index in [9.17, 15) is 18.0 Å². The van der Waals surface area contributed by atoms with Gasteiger partial charge in [0.05, 0.1) is 12.7 Å². The Morgan fingerprint density at radius 2 is 1.65 bits per heavy atom. The third-order valence-corrected chi connectivity index (χ3v) is 6.16. The number of aryl methyl sites for hydroxylation is 1. The Hall–Kier alpha value is -3.98. The summed E-state index contributed by atoms with van der Waals surface area (Å²) in [5.41, 5.74) is 2.31. The van der Waals surface area contributed by atoms with Crippen LogP contribution in [0.15, 0.2) is 71.3 Å². The smallest absolute Gasteiger partial charge is 0.417 e. The fourth-order valence-electron chi connectivity index (χ4n) is 4.12. The molecular formula is C28H26F3N3O3. The Kier molecular flexibility index (Phi) is 7.45. The fraction of sp³-hybridized carbons (Fsp3) is 0.250. The summed E-state index contributed by atoms with van der Waals surface area (Å²) in [6.07, 6.45) is -4.57. The molecule has 0 aliphatic rings. The molecule has 4 rings (SSSR count). The van der Waals surface area contributed by atoms with Crippen LogP contribution in [0.25, 0.3) is 34.0 Å². The highest BCUT2D eigenvalue weighted by Gasteiger charge is 2.34. The first-order chi connectivity index (χ1) is 17.6. The lowest BCUT2D eigenvalue weighted by Gasteiger charge is -2.18. The Bertz CT molecular complexity index is 1400. The molecule has 37 heavy (non-hydrogen) atoms. The molecule has 0 spiro atoms. The van der Waals surface area contributed by atoms with Crippen LogP contribution in [0.1, 0.15) is 36.6 Å². The molecule has 1 N–H and O–H groups in total. The molecule has 0 bridgehead atoms. The van der Waals surface area contributed by atoms with E-state index in [1.54, 1.807) is 56.3 Å². The van der Waals surface area contributed by atoms with E-state index in [2.05, 4.69) is 15.5 Å². The number of aromatic nitrogens is 2. The summed E-state index contributed by atoms with van der Waals surface area (Å²) in [5.74, 6) is -0.118. The van der Waals surface area contributed by atoms with Crippen molar-refractivity contribution in [3.8, 4) is 34.0 Å². The van der Waals surface area contributed by atoms with Gasteiger partial charge in [0.15, 0.2) is 0 Å². The highest BCUT2D eigenvalue weighted by atomic mass is 19.4. The molecule has 192 valence electrons. The summed E-state index contributed by atoms with van der Waals surface area (Å²) < 4.78 is 52.0. The van der Waals surface area contributed by atoms with Gasteiger partial charge in [-0.2, -0.15) is 18.2 Å². The van der Waals surface area contributed by atoms with Gasteiger partial charge in [-0.25, -0.2) is 0 Å². The molecule has 1 aromatic heterocycles. The summed E-state index contributed by atoms with van der Waals surface area (Å²) in [6.45, 7) is 5.41. The van der Waals surface area contributed by atoms with Crippen molar-refractivity contribution in [2.24, 2.45) is 0 Å². The van der Waals surface area contributed by atoms with E-state index in [1.807, 2.05) is 19.1 Å². The second kappa shape index (κ2) is 10.6. The quantitative estimate of drug-likeness (QED) is 0.283. The number of nitrogens with zero attached hydrogens (tertiary/aromatic N) is 2. The normalized spacial score (nSPS) is 13.3. The molecule has 2 atom stereocenters. The zero-order valence-electron chi connectivity index (χ0n) is 20.8. The Balaban J connectivity index is 1.59. The molecule has 0 saturated carbocycles. The van der Waals surface area contributed by atoms with Gasteiger partial charge in [0, 0.05) is 17.2 Å². The molecule has 1 heterocycles. The van der Waals surface area contributed by atoms with Crippen LogP contribution in [0.4, 0.5) is 13.2 Å². The topological polar surface area (TPSA) is 77.2 Å². The van der Waals surface area contributed by atoms with Gasteiger partial charge in [-0.1, -0.05) is 59.8 Å². The predicted molar refractivity (Wildman–Crippen MR) is 133 cm³/mol. The number of methoxy groups -OCH3 is 1. The van der Waals surface area contributed by atoms with Gasteiger partial charge < -0.3 is 9.26 Å².